The zero-order valence-corrected chi connectivity index (χ0v) is 13.1. The summed E-state index contributed by atoms with van der Waals surface area (Å²) in [4.78, 5) is 6.60. The maximum Gasteiger partial charge on any atom is 0.191 e. The molecule has 110 valence electrons. The van der Waals surface area contributed by atoms with Crippen molar-refractivity contribution < 1.29 is 0 Å². The predicted octanol–water partition coefficient (Wildman–Crippen LogP) is 1.85. The van der Waals surface area contributed by atoms with Crippen LogP contribution in [0.2, 0.25) is 0 Å². The van der Waals surface area contributed by atoms with Crippen molar-refractivity contribution >= 4 is 5.96 Å². The number of nitrogens with zero attached hydrogens (tertiary/aromatic N) is 2. The van der Waals surface area contributed by atoms with Crippen molar-refractivity contribution in [3.05, 3.63) is 12.2 Å². The number of likely N-dealkylation sites (N-methyl/N-ethyl adjacent to an activating group) is 1. The van der Waals surface area contributed by atoms with Crippen LogP contribution in [-0.2, 0) is 0 Å². The van der Waals surface area contributed by atoms with Crippen LogP contribution in [-0.4, -0.2) is 50.6 Å². The van der Waals surface area contributed by atoms with Crippen molar-refractivity contribution in [3.63, 3.8) is 0 Å². The van der Waals surface area contributed by atoms with E-state index in [1.807, 2.05) is 7.05 Å². The molecule has 19 heavy (non-hydrogen) atoms. The van der Waals surface area contributed by atoms with Gasteiger partial charge in [-0.3, -0.25) is 4.99 Å². The standard InChI is InChI=1S/C15H30N4/c1-12(2)10-14(19(4)5)11-17-15(16-3)18-13-8-6-7-9-13/h6-7,12-14H,8-11H2,1-5H3,(H2,16,17,18). The second-order valence-electron chi connectivity index (χ2n) is 5.98. The molecule has 1 aliphatic carbocycles. The van der Waals surface area contributed by atoms with Gasteiger partial charge < -0.3 is 15.5 Å². The largest absolute Gasteiger partial charge is 0.355 e. The highest BCUT2D eigenvalue weighted by atomic mass is 15.2. The molecule has 0 aromatic carbocycles. The summed E-state index contributed by atoms with van der Waals surface area (Å²) in [7, 11) is 6.13. The van der Waals surface area contributed by atoms with Gasteiger partial charge in [0.2, 0.25) is 0 Å². The molecule has 4 nitrogen and oxygen atoms in total. The Hall–Kier alpha value is -1.03. The zero-order valence-electron chi connectivity index (χ0n) is 13.1. The highest BCUT2D eigenvalue weighted by Gasteiger charge is 2.15. The smallest absolute Gasteiger partial charge is 0.191 e. The van der Waals surface area contributed by atoms with E-state index in [1.54, 1.807) is 0 Å². The van der Waals surface area contributed by atoms with E-state index < -0.39 is 0 Å². The van der Waals surface area contributed by atoms with Crippen molar-refractivity contribution in [1.29, 1.82) is 0 Å². The van der Waals surface area contributed by atoms with Crippen molar-refractivity contribution in [1.82, 2.24) is 15.5 Å². The van der Waals surface area contributed by atoms with E-state index in [9.17, 15) is 0 Å². The molecule has 0 spiro atoms. The molecule has 1 rings (SSSR count). The van der Waals surface area contributed by atoms with Gasteiger partial charge in [0.1, 0.15) is 0 Å². The summed E-state index contributed by atoms with van der Waals surface area (Å²) in [5.41, 5.74) is 0. The lowest BCUT2D eigenvalue weighted by Crippen LogP contribution is -2.47. The zero-order chi connectivity index (χ0) is 14.3. The molecule has 0 aliphatic heterocycles. The van der Waals surface area contributed by atoms with Crippen LogP contribution in [0.5, 0.6) is 0 Å². The molecule has 2 N–H and O–H groups in total. The van der Waals surface area contributed by atoms with Gasteiger partial charge in [0.15, 0.2) is 5.96 Å². The highest BCUT2D eigenvalue weighted by molar-refractivity contribution is 5.80. The molecule has 1 aliphatic rings. The number of hydrogen-bond donors (Lipinski definition) is 2. The van der Waals surface area contributed by atoms with E-state index in [-0.39, 0.29) is 0 Å². The summed E-state index contributed by atoms with van der Waals surface area (Å²) in [6, 6.07) is 1.05. The van der Waals surface area contributed by atoms with Gasteiger partial charge in [-0.05, 0) is 39.3 Å². The Kier molecular flexibility index (Phi) is 6.92. The second-order valence-corrected chi connectivity index (χ2v) is 5.98. The molecule has 0 fully saturated rings. The Bertz CT molecular complexity index is 299. The van der Waals surface area contributed by atoms with Gasteiger partial charge in [-0.25, -0.2) is 0 Å². The molecule has 0 aromatic heterocycles. The molecule has 0 radical (unpaired) electrons. The number of aliphatic imine (C=N–C) groups is 1. The topological polar surface area (TPSA) is 39.7 Å². The summed E-state index contributed by atoms with van der Waals surface area (Å²) >= 11 is 0. The molecule has 0 saturated carbocycles. The van der Waals surface area contributed by atoms with Crippen molar-refractivity contribution in [2.45, 2.75) is 45.2 Å². The van der Waals surface area contributed by atoms with E-state index >= 15 is 0 Å². The van der Waals surface area contributed by atoms with Crippen molar-refractivity contribution in [2.75, 3.05) is 27.7 Å². The number of hydrogen-bond acceptors (Lipinski definition) is 2. The van der Waals surface area contributed by atoms with Crippen LogP contribution in [0.4, 0.5) is 0 Å². The normalized spacial score (nSPS) is 18.4. The fourth-order valence-electron chi connectivity index (χ4n) is 2.36. The van der Waals surface area contributed by atoms with Gasteiger partial charge in [0.05, 0.1) is 0 Å². The predicted molar refractivity (Wildman–Crippen MR) is 83.6 cm³/mol. The van der Waals surface area contributed by atoms with E-state index in [4.69, 9.17) is 0 Å². The molecule has 0 saturated heterocycles. The number of guanidine groups is 1. The Labute approximate surface area is 118 Å². The lowest BCUT2D eigenvalue weighted by molar-refractivity contribution is 0.254. The molecular formula is C15H30N4. The van der Waals surface area contributed by atoms with Crippen LogP contribution in [0.1, 0.15) is 33.1 Å². The van der Waals surface area contributed by atoms with Gasteiger partial charge in [-0.1, -0.05) is 26.0 Å². The van der Waals surface area contributed by atoms with Gasteiger partial charge in [-0.15, -0.1) is 0 Å². The Morgan fingerprint density at radius 2 is 1.95 bits per heavy atom. The van der Waals surface area contributed by atoms with Crippen LogP contribution in [0, 0.1) is 5.92 Å². The van der Waals surface area contributed by atoms with Gasteiger partial charge in [0.25, 0.3) is 0 Å². The summed E-state index contributed by atoms with van der Waals surface area (Å²) in [5.74, 6) is 1.63. The van der Waals surface area contributed by atoms with E-state index in [1.165, 1.54) is 6.42 Å². The average Bonchev–Trinajstić information content (AvgIpc) is 2.84. The molecule has 1 atom stereocenters. The Balaban J connectivity index is 2.37. The second kappa shape index (κ2) is 8.20. The van der Waals surface area contributed by atoms with Gasteiger partial charge in [-0.2, -0.15) is 0 Å². The van der Waals surface area contributed by atoms with E-state index in [0.717, 1.165) is 25.3 Å². The minimum atomic E-state index is 0.508. The fraction of sp³-hybridized carbons (Fsp3) is 0.800. The molecule has 0 heterocycles. The lowest BCUT2D eigenvalue weighted by atomic mass is 10.0. The third-order valence-corrected chi connectivity index (χ3v) is 3.55. The number of rotatable bonds is 6. The maximum atomic E-state index is 4.31. The first-order valence-corrected chi connectivity index (χ1v) is 7.31. The third kappa shape index (κ3) is 6.10. The first kappa shape index (κ1) is 16.0. The molecular weight excluding hydrogens is 236 g/mol. The van der Waals surface area contributed by atoms with E-state index in [2.05, 4.69) is 60.6 Å². The van der Waals surface area contributed by atoms with Crippen LogP contribution in [0.25, 0.3) is 0 Å². The highest BCUT2D eigenvalue weighted by Crippen LogP contribution is 2.10. The lowest BCUT2D eigenvalue weighted by Gasteiger charge is -2.27. The van der Waals surface area contributed by atoms with Crippen LogP contribution >= 0.6 is 0 Å². The van der Waals surface area contributed by atoms with E-state index in [0.29, 0.717) is 18.0 Å². The Morgan fingerprint density at radius 1 is 1.32 bits per heavy atom. The molecule has 0 amide bonds. The summed E-state index contributed by atoms with van der Waals surface area (Å²) in [6.07, 6.45) is 7.86. The summed E-state index contributed by atoms with van der Waals surface area (Å²) in [6.45, 7) is 5.48. The quantitative estimate of drug-likeness (QED) is 0.438. The Morgan fingerprint density at radius 3 is 2.42 bits per heavy atom. The third-order valence-electron chi connectivity index (χ3n) is 3.55. The first-order valence-electron chi connectivity index (χ1n) is 7.31. The SMILES string of the molecule is CN=C(NCC(CC(C)C)N(C)C)NC1CC=CC1. The van der Waals surface area contributed by atoms with Gasteiger partial charge >= 0.3 is 0 Å². The number of nitrogens with one attached hydrogen (secondary N) is 2. The van der Waals surface area contributed by atoms with Crippen LogP contribution < -0.4 is 10.6 Å². The fourth-order valence-corrected chi connectivity index (χ4v) is 2.36. The minimum Gasteiger partial charge on any atom is -0.355 e. The minimum absolute atomic E-state index is 0.508. The summed E-state index contributed by atoms with van der Waals surface area (Å²) in [5, 5.41) is 6.92. The maximum absolute atomic E-state index is 4.31. The van der Waals surface area contributed by atoms with Crippen LogP contribution in [0.15, 0.2) is 17.1 Å². The molecule has 0 aromatic rings. The average molecular weight is 266 g/mol. The van der Waals surface area contributed by atoms with Gasteiger partial charge in [0, 0.05) is 25.7 Å². The van der Waals surface area contributed by atoms with Crippen molar-refractivity contribution in [2.24, 2.45) is 10.9 Å². The molecule has 4 heteroatoms. The molecule has 1 unspecified atom stereocenters. The monoisotopic (exact) mass is 266 g/mol. The first-order chi connectivity index (χ1) is 9.02. The van der Waals surface area contributed by atoms with Crippen LogP contribution in [0.3, 0.4) is 0 Å². The summed E-state index contributed by atoms with van der Waals surface area (Å²) < 4.78 is 0. The molecule has 0 bridgehead atoms. The van der Waals surface area contributed by atoms with Crippen molar-refractivity contribution in [3.8, 4) is 0 Å².